The second-order valence-corrected chi connectivity index (χ2v) is 6.63. The molecule has 122 valence electrons. The molecule has 1 aromatic carbocycles. The lowest BCUT2D eigenvalue weighted by Crippen LogP contribution is -2.49. The molecule has 2 amide bonds. The maximum atomic E-state index is 11.9. The molecule has 3 rings (SSSR count). The zero-order valence-corrected chi connectivity index (χ0v) is 13.7. The van der Waals surface area contributed by atoms with E-state index in [9.17, 15) is 4.79 Å². The molecule has 23 heavy (non-hydrogen) atoms. The van der Waals surface area contributed by atoms with Crippen LogP contribution in [-0.4, -0.2) is 21.9 Å². The van der Waals surface area contributed by atoms with Crippen molar-refractivity contribution in [2.75, 3.05) is 0 Å². The molecule has 5 nitrogen and oxygen atoms in total. The van der Waals surface area contributed by atoms with Crippen molar-refractivity contribution in [3.8, 4) is 5.69 Å². The van der Waals surface area contributed by atoms with Crippen molar-refractivity contribution in [3.05, 3.63) is 48.3 Å². The van der Waals surface area contributed by atoms with Crippen molar-refractivity contribution in [3.63, 3.8) is 0 Å². The lowest BCUT2D eigenvalue weighted by atomic mass is 9.74. The van der Waals surface area contributed by atoms with E-state index in [2.05, 4.69) is 29.6 Å². The maximum Gasteiger partial charge on any atom is 0.315 e. The molecule has 2 aromatic rings. The molecule has 0 atom stereocenters. The van der Waals surface area contributed by atoms with Gasteiger partial charge in [0.2, 0.25) is 0 Å². The summed E-state index contributed by atoms with van der Waals surface area (Å²) in [5.41, 5.74) is 2.00. The van der Waals surface area contributed by atoms with Crippen LogP contribution in [0.15, 0.2) is 42.7 Å². The van der Waals surface area contributed by atoms with E-state index < -0.39 is 0 Å². The highest BCUT2D eigenvalue weighted by Gasteiger charge is 2.31. The third-order valence-electron chi connectivity index (χ3n) is 4.56. The molecule has 0 radical (unpaired) electrons. The number of benzene rings is 1. The van der Waals surface area contributed by atoms with E-state index in [1.807, 2.05) is 41.2 Å². The summed E-state index contributed by atoms with van der Waals surface area (Å²) < 4.78 is 1.81. The molecule has 1 aromatic heterocycles. The Labute approximate surface area is 137 Å². The third-order valence-corrected chi connectivity index (χ3v) is 4.56. The summed E-state index contributed by atoms with van der Waals surface area (Å²) in [6.07, 6.45) is 5.91. The topological polar surface area (TPSA) is 59.0 Å². The van der Waals surface area contributed by atoms with Gasteiger partial charge in [-0.25, -0.2) is 9.48 Å². The maximum absolute atomic E-state index is 11.9. The van der Waals surface area contributed by atoms with Gasteiger partial charge in [0, 0.05) is 24.3 Å². The first-order valence-corrected chi connectivity index (χ1v) is 8.25. The average molecular weight is 312 g/mol. The summed E-state index contributed by atoms with van der Waals surface area (Å²) in [4.78, 5) is 11.9. The Bertz CT molecular complexity index is 644. The normalized spacial score (nSPS) is 20.1. The van der Waals surface area contributed by atoms with Gasteiger partial charge >= 0.3 is 6.03 Å². The second kappa shape index (κ2) is 6.86. The number of rotatable bonds is 5. The van der Waals surface area contributed by atoms with Gasteiger partial charge in [0.05, 0.1) is 11.9 Å². The van der Waals surface area contributed by atoms with Crippen molar-refractivity contribution < 1.29 is 4.79 Å². The zero-order chi connectivity index (χ0) is 16.2. The van der Waals surface area contributed by atoms with Crippen LogP contribution in [0.1, 0.15) is 32.3 Å². The van der Waals surface area contributed by atoms with Crippen molar-refractivity contribution in [2.24, 2.45) is 11.8 Å². The summed E-state index contributed by atoms with van der Waals surface area (Å²) in [5, 5.41) is 10.3. The Kier molecular flexibility index (Phi) is 4.65. The summed E-state index contributed by atoms with van der Waals surface area (Å²) in [6, 6.07) is 10.2. The van der Waals surface area contributed by atoms with Crippen molar-refractivity contribution in [1.82, 2.24) is 20.4 Å². The molecular formula is C18H24N4O. The van der Waals surface area contributed by atoms with E-state index in [4.69, 9.17) is 0 Å². The van der Waals surface area contributed by atoms with Gasteiger partial charge in [0.15, 0.2) is 0 Å². The Morgan fingerprint density at radius 1 is 1.30 bits per heavy atom. The number of nitrogens with one attached hydrogen (secondary N) is 2. The number of hydrogen-bond acceptors (Lipinski definition) is 2. The first-order chi connectivity index (χ1) is 11.1. The number of hydrogen-bond donors (Lipinski definition) is 2. The highest BCUT2D eigenvalue weighted by molar-refractivity contribution is 5.74. The quantitative estimate of drug-likeness (QED) is 0.891. The molecule has 5 heteroatoms. The van der Waals surface area contributed by atoms with Gasteiger partial charge in [-0.15, -0.1) is 0 Å². The SMILES string of the molecule is CC(C)C1CC(NC(=O)NCc2cnn(-c3ccccc3)c2)C1. The predicted molar refractivity (Wildman–Crippen MR) is 90.3 cm³/mol. The first kappa shape index (κ1) is 15.6. The van der Waals surface area contributed by atoms with Crippen LogP contribution >= 0.6 is 0 Å². The Morgan fingerprint density at radius 3 is 2.74 bits per heavy atom. The molecule has 1 fully saturated rings. The van der Waals surface area contributed by atoms with E-state index in [0.717, 1.165) is 30.0 Å². The predicted octanol–water partition coefficient (Wildman–Crippen LogP) is 3.11. The fraction of sp³-hybridized carbons (Fsp3) is 0.444. The molecule has 0 aliphatic heterocycles. The molecule has 2 N–H and O–H groups in total. The summed E-state index contributed by atoms with van der Waals surface area (Å²) >= 11 is 0. The van der Waals surface area contributed by atoms with Gasteiger partial charge < -0.3 is 10.6 Å². The Balaban J connectivity index is 1.44. The van der Waals surface area contributed by atoms with Crippen LogP contribution in [0.5, 0.6) is 0 Å². The molecule has 1 aliphatic carbocycles. The van der Waals surface area contributed by atoms with Crippen LogP contribution in [0.3, 0.4) is 0 Å². The molecular weight excluding hydrogens is 288 g/mol. The summed E-state index contributed by atoms with van der Waals surface area (Å²) in [6.45, 7) is 4.97. The highest BCUT2D eigenvalue weighted by Crippen LogP contribution is 2.33. The molecule has 0 unspecified atom stereocenters. The molecule has 0 bridgehead atoms. The molecule has 1 aliphatic rings. The Morgan fingerprint density at radius 2 is 2.04 bits per heavy atom. The number of nitrogens with zero attached hydrogens (tertiary/aromatic N) is 2. The lowest BCUT2D eigenvalue weighted by Gasteiger charge is -2.38. The standard InChI is InChI=1S/C18H24N4O/c1-13(2)15-8-16(9-15)21-18(23)19-10-14-11-20-22(12-14)17-6-4-3-5-7-17/h3-7,11-13,15-16H,8-10H2,1-2H3,(H2,19,21,23). The summed E-state index contributed by atoms with van der Waals surface area (Å²) in [5.74, 6) is 1.46. The van der Waals surface area contributed by atoms with Gasteiger partial charge in [0.1, 0.15) is 0 Å². The van der Waals surface area contributed by atoms with Crippen LogP contribution in [0.4, 0.5) is 4.79 Å². The second-order valence-electron chi connectivity index (χ2n) is 6.63. The van der Waals surface area contributed by atoms with Crippen molar-refractivity contribution in [1.29, 1.82) is 0 Å². The number of amides is 2. The van der Waals surface area contributed by atoms with Crippen molar-refractivity contribution in [2.45, 2.75) is 39.3 Å². The number of carbonyl (C=O) groups excluding carboxylic acids is 1. The minimum absolute atomic E-state index is 0.0929. The van der Waals surface area contributed by atoms with Crippen LogP contribution < -0.4 is 10.6 Å². The van der Waals surface area contributed by atoms with Crippen LogP contribution in [0.2, 0.25) is 0 Å². The van der Waals surface area contributed by atoms with Gasteiger partial charge in [-0.3, -0.25) is 0 Å². The number of carbonyl (C=O) groups is 1. The van der Waals surface area contributed by atoms with E-state index in [1.54, 1.807) is 6.20 Å². The van der Waals surface area contributed by atoms with E-state index in [0.29, 0.717) is 18.5 Å². The van der Waals surface area contributed by atoms with Crippen LogP contribution in [-0.2, 0) is 6.54 Å². The lowest BCUT2D eigenvalue weighted by molar-refractivity contribution is 0.167. The van der Waals surface area contributed by atoms with E-state index in [1.165, 1.54) is 0 Å². The summed E-state index contributed by atoms with van der Waals surface area (Å²) in [7, 11) is 0. The van der Waals surface area contributed by atoms with Gasteiger partial charge in [-0.2, -0.15) is 5.10 Å². The Hall–Kier alpha value is -2.30. The minimum atomic E-state index is -0.0929. The van der Waals surface area contributed by atoms with E-state index >= 15 is 0 Å². The largest absolute Gasteiger partial charge is 0.335 e. The van der Waals surface area contributed by atoms with Crippen LogP contribution in [0.25, 0.3) is 5.69 Å². The zero-order valence-electron chi connectivity index (χ0n) is 13.7. The van der Waals surface area contributed by atoms with Crippen molar-refractivity contribution >= 4 is 6.03 Å². The number of urea groups is 1. The van der Waals surface area contributed by atoms with Gasteiger partial charge in [0.25, 0.3) is 0 Å². The van der Waals surface area contributed by atoms with Gasteiger partial charge in [-0.1, -0.05) is 32.0 Å². The molecule has 0 saturated heterocycles. The molecule has 1 saturated carbocycles. The van der Waals surface area contributed by atoms with E-state index in [-0.39, 0.29) is 6.03 Å². The third kappa shape index (κ3) is 3.92. The average Bonchev–Trinajstić information content (AvgIpc) is 2.98. The monoisotopic (exact) mass is 312 g/mol. The fourth-order valence-electron chi connectivity index (χ4n) is 2.92. The van der Waals surface area contributed by atoms with Gasteiger partial charge in [-0.05, 0) is 36.8 Å². The number of aromatic nitrogens is 2. The fourth-order valence-corrected chi connectivity index (χ4v) is 2.92. The number of para-hydroxylation sites is 1. The highest BCUT2D eigenvalue weighted by atomic mass is 16.2. The first-order valence-electron chi connectivity index (χ1n) is 8.25. The minimum Gasteiger partial charge on any atom is -0.335 e. The molecule has 0 spiro atoms. The molecule has 1 heterocycles. The smallest absolute Gasteiger partial charge is 0.315 e. The van der Waals surface area contributed by atoms with Crippen LogP contribution in [0, 0.1) is 11.8 Å².